The lowest BCUT2D eigenvalue weighted by atomic mass is 9.96. The van der Waals surface area contributed by atoms with Gasteiger partial charge in [0.1, 0.15) is 5.82 Å². The number of carbonyl (C=O) groups is 2. The summed E-state index contributed by atoms with van der Waals surface area (Å²) < 4.78 is 0. The second-order valence-corrected chi connectivity index (χ2v) is 9.11. The van der Waals surface area contributed by atoms with Crippen LogP contribution >= 0.6 is 0 Å². The van der Waals surface area contributed by atoms with Crippen molar-refractivity contribution in [1.82, 2.24) is 20.2 Å². The highest BCUT2D eigenvalue weighted by atomic mass is 16.2. The number of amides is 3. The zero-order valence-corrected chi connectivity index (χ0v) is 19.2. The van der Waals surface area contributed by atoms with Gasteiger partial charge in [-0.15, -0.1) is 0 Å². The Balaban J connectivity index is 1.52. The number of nitrogens with one attached hydrogen (secondary N) is 2. The summed E-state index contributed by atoms with van der Waals surface area (Å²) in [5.74, 6) is 0.290. The zero-order chi connectivity index (χ0) is 23.6. The van der Waals surface area contributed by atoms with Crippen molar-refractivity contribution in [3.63, 3.8) is 0 Å². The van der Waals surface area contributed by atoms with Crippen molar-refractivity contribution in [2.45, 2.75) is 37.1 Å². The molecule has 33 heavy (non-hydrogen) atoms. The monoisotopic (exact) mass is 452 g/mol. The largest absolute Gasteiger partial charge is 0.364 e. The van der Waals surface area contributed by atoms with E-state index in [9.17, 15) is 9.59 Å². The van der Waals surface area contributed by atoms with Crippen LogP contribution in [0.1, 0.15) is 41.7 Å². The first-order valence-corrected chi connectivity index (χ1v) is 11.3. The minimum Gasteiger partial charge on any atom is -0.364 e. The van der Waals surface area contributed by atoms with Crippen molar-refractivity contribution in [3.8, 4) is 0 Å². The molecule has 1 aliphatic carbocycles. The van der Waals surface area contributed by atoms with E-state index >= 15 is 0 Å². The molecule has 0 radical (unpaired) electrons. The van der Waals surface area contributed by atoms with E-state index in [0.29, 0.717) is 24.7 Å². The summed E-state index contributed by atoms with van der Waals surface area (Å²) in [4.78, 5) is 36.6. The van der Waals surface area contributed by atoms with Gasteiger partial charge in [0.2, 0.25) is 0 Å². The Kier molecular flexibility index (Phi) is 6.37. The quantitative estimate of drug-likeness (QED) is 0.499. The van der Waals surface area contributed by atoms with E-state index in [4.69, 9.17) is 11.5 Å². The number of aromatic nitrogens is 2. The number of urea groups is 1. The molecule has 10 heteroatoms. The van der Waals surface area contributed by atoms with Crippen LogP contribution in [0.15, 0.2) is 30.5 Å². The minimum absolute atomic E-state index is 0.00695. The normalized spacial score (nSPS) is 19.0. The maximum absolute atomic E-state index is 12.0. The van der Waals surface area contributed by atoms with Gasteiger partial charge in [-0.05, 0) is 43.4 Å². The molecule has 0 bridgehead atoms. The standard InChI is InChI=1S/C23H32N8O2/c1-30(2)22(33)28-17-4-3-11-31(13-17)18-12-26-19(20(25)32)21(29-18)27-16-7-5-15(6-8-16)23(14-24)9-10-23/h5-8,12,17H,3-4,9-11,13-14,24H2,1-2H3,(H2,25,32)(H,27,29)(H,28,33). The molecule has 2 aliphatic rings. The average molecular weight is 453 g/mol. The maximum atomic E-state index is 12.0. The number of rotatable bonds is 7. The second-order valence-electron chi connectivity index (χ2n) is 9.11. The van der Waals surface area contributed by atoms with Gasteiger partial charge in [-0.3, -0.25) is 4.79 Å². The fourth-order valence-corrected chi connectivity index (χ4v) is 4.21. The van der Waals surface area contributed by atoms with Gasteiger partial charge in [-0.2, -0.15) is 0 Å². The highest BCUT2D eigenvalue weighted by molar-refractivity contribution is 5.96. The molecule has 1 saturated carbocycles. The molecule has 1 aliphatic heterocycles. The van der Waals surface area contributed by atoms with Crippen LogP contribution in [-0.2, 0) is 5.41 Å². The van der Waals surface area contributed by atoms with Gasteiger partial charge in [0.05, 0.1) is 6.20 Å². The van der Waals surface area contributed by atoms with Crippen molar-refractivity contribution in [3.05, 3.63) is 41.7 Å². The number of nitrogens with zero attached hydrogens (tertiary/aromatic N) is 4. The number of primary amides is 1. The average Bonchev–Trinajstić information content (AvgIpc) is 3.61. The van der Waals surface area contributed by atoms with Crippen molar-refractivity contribution in [1.29, 1.82) is 0 Å². The SMILES string of the molecule is CN(C)C(=O)NC1CCCN(c2cnc(C(N)=O)c(Nc3ccc(C4(CN)CC4)cc3)n2)C1. The molecule has 1 atom stereocenters. The van der Waals surface area contributed by atoms with Crippen LogP contribution < -0.4 is 27.0 Å². The lowest BCUT2D eigenvalue weighted by molar-refractivity contribution is 0.0996. The van der Waals surface area contributed by atoms with E-state index in [1.807, 2.05) is 12.1 Å². The van der Waals surface area contributed by atoms with Crippen LogP contribution in [0.4, 0.5) is 22.1 Å². The van der Waals surface area contributed by atoms with Gasteiger partial charge in [0.15, 0.2) is 11.5 Å². The van der Waals surface area contributed by atoms with Crippen molar-refractivity contribution in [2.24, 2.45) is 11.5 Å². The Hall–Kier alpha value is -3.40. The Labute approximate surface area is 193 Å². The molecule has 176 valence electrons. The molecule has 1 unspecified atom stereocenters. The first-order valence-electron chi connectivity index (χ1n) is 11.3. The van der Waals surface area contributed by atoms with Crippen LogP contribution in [-0.4, -0.2) is 66.6 Å². The maximum Gasteiger partial charge on any atom is 0.317 e. The number of hydrogen-bond acceptors (Lipinski definition) is 7. The number of anilines is 3. The fourth-order valence-electron chi connectivity index (χ4n) is 4.21. The van der Waals surface area contributed by atoms with Gasteiger partial charge in [0, 0.05) is 50.9 Å². The topological polar surface area (TPSA) is 142 Å². The highest BCUT2D eigenvalue weighted by Crippen LogP contribution is 2.47. The predicted molar refractivity (Wildman–Crippen MR) is 128 cm³/mol. The molecular weight excluding hydrogens is 420 g/mol. The third-order valence-electron chi connectivity index (χ3n) is 6.48. The summed E-state index contributed by atoms with van der Waals surface area (Å²) >= 11 is 0. The van der Waals surface area contributed by atoms with Gasteiger partial charge in [-0.25, -0.2) is 14.8 Å². The van der Waals surface area contributed by atoms with Gasteiger partial charge >= 0.3 is 6.03 Å². The number of hydrogen-bond donors (Lipinski definition) is 4. The van der Waals surface area contributed by atoms with Crippen LogP contribution in [0.2, 0.25) is 0 Å². The molecule has 10 nitrogen and oxygen atoms in total. The fraction of sp³-hybridized carbons (Fsp3) is 0.478. The number of nitrogens with two attached hydrogens (primary N) is 2. The summed E-state index contributed by atoms with van der Waals surface area (Å²) in [5.41, 5.74) is 13.7. The Morgan fingerprint density at radius 3 is 2.58 bits per heavy atom. The molecular formula is C23H32N8O2. The molecule has 4 rings (SSSR count). The van der Waals surface area contributed by atoms with Crippen LogP contribution in [0.3, 0.4) is 0 Å². The molecule has 6 N–H and O–H groups in total. The Morgan fingerprint density at radius 2 is 1.97 bits per heavy atom. The minimum atomic E-state index is -0.650. The third kappa shape index (κ3) is 5.00. The van der Waals surface area contributed by atoms with E-state index in [2.05, 4.69) is 37.6 Å². The molecule has 1 aromatic heterocycles. The molecule has 1 saturated heterocycles. The second kappa shape index (κ2) is 9.22. The molecule has 3 amide bonds. The third-order valence-corrected chi connectivity index (χ3v) is 6.48. The molecule has 2 fully saturated rings. The van der Waals surface area contributed by atoms with Crippen LogP contribution in [0.25, 0.3) is 0 Å². The lowest BCUT2D eigenvalue weighted by Crippen LogP contribution is -2.50. The molecule has 0 spiro atoms. The van der Waals surface area contributed by atoms with Gasteiger partial charge in [0.25, 0.3) is 5.91 Å². The summed E-state index contributed by atoms with van der Waals surface area (Å²) in [5, 5.41) is 6.23. The van der Waals surface area contributed by atoms with Crippen molar-refractivity contribution >= 4 is 29.3 Å². The van der Waals surface area contributed by atoms with Crippen molar-refractivity contribution in [2.75, 3.05) is 43.9 Å². The first-order chi connectivity index (χ1) is 15.8. The Morgan fingerprint density at radius 1 is 1.24 bits per heavy atom. The van der Waals surface area contributed by atoms with E-state index in [-0.39, 0.29) is 23.2 Å². The zero-order valence-electron chi connectivity index (χ0n) is 19.2. The summed E-state index contributed by atoms with van der Waals surface area (Å²) in [6.07, 6.45) is 5.58. The Bertz CT molecular complexity index is 1020. The van der Waals surface area contributed by atoms with E-state index in [1.54, 1.807) is 20.3 Å². The summed E-state index contributed by atoms with van der Waals surface area (Å²) in [6.45, 7) is 2.04. The van der Waals surface area contributed by atoms with Gasteiger partial charge in [-0.1, -0.05) is 12.1 Å². The van der Waals surface area contributed by atoms with E-state index in [0.717, 1.165) is 37.9 Å². The highest BCUT2D eigenvalue weighted by Gasteiger charge is 2.42. The summed E-state index contributed by atoms with van der Waals surface area (Å²) in [7, 11) is 3.43. The van der Waals surface area contributed by atoms with E-state index in [1.165, 1.54) is 10.5 Å². The van der Waals surface area contributed by atoms with Gasteiger partial charge < -0.3 is 31.9 Å². The first kappa shape index (κ1) is 22.8. The molecule has 1 aromatic carbocycles. The molecule has 2 aromatic rings. The van der Waals surface area contributed by atoms with E-state index < -0.39 is 5.91 Å². The number of piperidine rings is 1. The lowest BCUT2D eigenvalue weighted by Gasteiger charge is -2.34. The smallest absolute Gasteiger partial charge is 0.317 e. The molecule has 2 heterocycles. The number of benzene rings is 1. The van der Waals surface area contributed by atoms with Crippen LogP contribution in [0.5, 0.6) is 0 Å². The van der Waals surface area contributed by atoms with Crippen molar-refractivity contribution < 1.29 is 9.59 Å². The van der Waals surface area contributed by atoms with Crippen LogP contribution in [0, 0.1) is 0 Å². The summed E-state index contributed by atoms with van der Waals surface area (Å²) in [6, 6.07) is 7.92. The predicted octanol–water partition coefficient (Wildman–Crippen LogP) is 1.55. The number of carbonyl (C=O) groups excluding carboxylic acids is 2.